The van der Waals surface area contributed by atoms with Crippen molar-refractivity contribution >= 4 is 5.78 Å². The summed E-state index contributed by atoms with van der Waals surface area (Å²) in [6.45, 7) is 5.71. The maximum absolute atomic E-state index is 11.6. The van der Waals surface area contributed by atoms with Crippen molar-refractivity contribution < 1.29 is 4.79 Å². The van der Waals surface area contributed by atoms with E-state index in [0.717, 1.165) is 25.7 Å². The second kappa shape index (κ2) is 6.39. The molecule has 0 aromatic carbocycles. The van der Waals surface area contributed by atoms with Crippen LogP contribution in [0.25, 0.3) is 0 Å². The molecule has 0 saturated heterocycles. The highest BCUT2D eigenvalue weighted by Gasteiger charge is 2.21. The third kappa shape index (κ3) is 4.28. The fourth-order valence-electron chi connectivity index (χ4n) is 2.03. The lowest BCUT2D eigenvalue weighted by Crippen LogP contribution is -2.19. The van der Waals surface area contributed by atoms with E-state index in [4.69, 9.17) is 0 Å². The van der Waals surface area contributed by atoms with Gasteiger partial charge in [0.15, 0.2) is 0 Å². The van der Waals surface area contributed by atoms with Gasteiger partial charge in [-0.25, -0.2) is 0 Å². The molecule has 0 N–H and O–H groups in total. The zero-order valence-electron chi connectivity index (χ0n) is 9.54. The number of rotatable bonds is 4. The van der Waals surface area contributed by atoms with Crippen LogP contribution in [0.2, 0.25) is 0 Å². The average Bonchev–Trinajstić information content (AvgIpc) is 2.22. The normalized spacial score (nSPS) is 23.4. The highest BCUT2D eigenvalue weighted by atomic mass is 16.1. The average molecular weight is 204 g/mol. The van der Waals surface area contributed by atoms with E-state index in [1.807, 2.05) is 12.2 Å². The summed E-state index contributed by atoms with van der Waals surface area (Å²) in [6, 6.07) is 0. The molecule has 1 heteroatoms. The highest BCUT2D eigenvalue weighted by molar-refractivity contribution is 5.81. The van der Waals surface area contributed by atoms with Crippen molar-refractivity contribution in [2.75, 3.05) is 0 Å². The predicted molar refractivity (Wildman–Crippen MR) is 64.7 cm³/mol. The molecule has 0 aromatic rings. The van der Waals surface area contributed by atoms with Crippen LogP contribution in [-0.4, -0.2) is 5.78 Å². The summed E-state index contributed by atoms with van der Waals surface area (Å²) in [5.74, 6) is 0.744. The Kier molecular flexibility index (Phi) is 5.09. The van der Waals surface area contributed by atoms with Crippen molar-refractivity contribution in [1.82, 2.24) is 0 Å². The van der Waals surface area contributed by atoms with Gasteiger partial charge in [-0.1, -0.05) is 42.9 Å². The van der Waals surface area contributed by atoms with E-state index in [1.54, 1.807) is 6.08 Å². The first kappa shape index (κ1) is 12.0. The van der Waals surface area contributed by atoms with Crippen LogP contribution < -0.4 is 0 Å². The Morgan fingerprint density at radius 2 is 2.27 bits per heavy atom. The molecule has 0 aromatic heterocycles. The van der Waals surface area contributed by atoms with Crippen LogP contribution in [0.15, 0.2) is 36.5 Å². The third-order valence-corrected chi connectivity index (χ3v) is 2.88. The summed E-state index contributed by atoms with van der Waals surface area (Å²) in [5, 5.41) is 0. The zero-order chi connectivity index (χ0) is 11.1. The van der Waals surface area contributed by atoms with Gasteiger partial charge in [-0.2, -0.15) is 0 Å². The van der Waals surface area contributed by atoms with E-state index in [-0.39, 0.29) is 5.92 Å². The molecule has 1 aliphatic carbocycles. The number of carbonyl (C=O) groups is 1. The van der Waals surface area contributed by atoms with Crippen molar-refractivity contribution in [3.05, 3.63) is 36.5 Å². The van der Waals surface area contributed by atoms with Crippen LogP contribution in [0.3, 0.4) is 0 Å². The smallest absolute Gasteiger partial charge is 0.136 e. The number of hydrogen-bond acceptors (Lipinski definition) is 1. The van der Waals surface area contributed by atoms with Gasteiger partial charge in [0.25, 0.3) is 0 Å². The maximum Gasteiger partial charge on any atom is 0.136 e. The monoisotopic (exact) mass is 204 g/mol. The molecule has 0 aliphatic heterocycles. The lowest BCUT2D eigenvalue weighted by Gasteiger charge is -2.20. The van der Waals surface area contributed by atoms with Crippen LogP contribution >= 0.6 is 0 Å². The van der Waals surface area contributed by atoms with Gasteiger partial charge in [0.1, 0.15) is 5.78 Å². The Balaban J connectivity index is 2.45. The lowest BCUT2D eigenvalue weighted by atomic mass is 9.84. The van der Waals surface area contributed by atoms with Crippen LogP contribution in [0.5, 0.6) is 0 Å². The fourth-order valence-corrected chi connectivity index (χ4v) is 2.03. The standard InChI is InChI=1S/C14H20O/c1-3-4-5-8-12(2)11-13-9-6-7-10-14(13)15/h3-5,8,13H,1,6-7,9-11H2,2H3/b5-4-,12-8-/t13-/m0/s1. The molecule has 1 rings (SSSR count). The summed E-state index contributed by atoms with van der Waals surface area (Å²) >= 11 is 0. The molecule has 1 atom stereocenters. The summed E-state index contributed by atoms with van der Waals surface area (Å²) in [5.41, 5.74) is 1.29. The van der Waals surface area contributed by atoms with Gasteiger partial charge in [0.2, 0.25) is 0 Å². The number of Topliss-reactive ketones (excluding diaryl/α,β-unsaturated/α-hetero) is 1. The number of allylic oxidation sites excluding steroid dienone is 5. The first-order valence-corrected chi connectivity index (χ1v) is 5.71. The second-order valence-corrected chi connectivity index (χ2v) is 4.25. The summed E-state index contributed by atoms with van der Waals surface area (Å²) < 4.78 is 0. The van der Waals surface area contributed by atoms with E-state index in [2.05, 4.69) is 19.6 Å². The van der Waals surface area contributed by atoms with Gasteiger partial charge in [-0.05, 0) is 26.2 Å². The van der Waals surface area contributed by atoms with Crippen LogP contribution in [0, 0.1) is 5.92 Å². The first-order chi connectivity index (χ1) is 7.24. The zero-order valence-corrected chi connectivity index (χ0v) is 9.54. The minimum atomic E-state index is 0.284. The van der Waals surface area contributed by atoms with Gasteiger partial charge in [-0.3, -0.25) is 4.79 Å². The van der Waals surface area contributed by atoms with Crippen molar-refractivity contribution in [3.8, 4) is 0 Å². The molecule has 0 unspecified atom stereocenters. The summed E-state index contributed by atoms with van der Waals surface area (Å²) in [7, 11) is 0. The molecular weight excluding hydrogens is 184 g/mol. The molecule has 0 amide bonds. The van der Waals surface area contributed by atoms with Crippen LogP contribution in [-0.2, 0) is 4.79 Å². The Labute approximate surface area is 92.6 Å². The second-order valence-electron chi connectivity index (χ2n) is 4.25. The van der Waals surface area contributed by atoms with E-state index < -0.39 is 0 Å². The summed E-state index contributed by atoms with van der Waals surface area (Å²) in [6.07, 6.45) is 12.8. The molecule has 1 saturated carbocycles. The Morgan fingerprint density at radius 1 is 1.47 bits per heavy atom. The van der Waals surface area contributed by atoms with Crippen LogP contribution in [0.1, 0.15) is 39.0 Å². The quantitative estimate of drug-likeness (QED) is 0.636. The van der Waals surface area contributed by atoms with Gasteiger partial charge in [0, 0.05) is 12.3 Å². The predicted octanol–water partition coefficient (Wildman–Crippen LogP) is 3.82. The molecule has 1 fully saturated rings. The molecule has 15 heavy (non-hydrogen) atoms. The molecule has 0 spiro atoms. The fraction of sp³-hybridized carbons (Fsp3) is 0.500. The minimum Gasteiger partial charge on any atom is -0.299 e. The van der Waals surface area contributed by atoms with E-state index >= 15 is 0 Å². The minimum absolute atomic E-state index is 0.284. The number of hydrogen-bond donors (Lipinski definition) is 0. The van der Waals surface area contributed by atoms with Crippen LogP contribution in [0.4, 0.5) is 0 Å². The van der Waals surface area contributed by atoms with Gasteiger partial charge < -0.3 is 0 Å². The van der Waals surface area contributed by atoms with Crippen molar-refractivity contribution in [2.24, 2.45) is 5.92 Å². The first-order valence-electron chi connectivity index (χ1n) is 5.71. The molecule has 82 valence electrons. The van der Waals surface area contributed by atoms with Gasteiger partial charge in [-0.15, -0.1) is 0 Å². The number of carbonyl (C=O) groups excluding carboxylic acids is 1. The topological polar surface area (TPSA) is 17.1 Å². The highest BCUT2D eigenvalue weighted by Crippen LogP contribution is 2.26. The molecular formula is C14H20O. The maximum atomic E-state index is 11.6. The molecule has 0 heterocycles. The Hall–Kier alpha value is -1.11. The van der Waals surface area contributed by atoms with E-state index in [0.29, 0.717) is 5.78 Å². The molecule has 1 aliphatic rings. The van der Waals surface area contributed by atoms with Gasteiger partial charge in [0.05, 0.1) is 0 Å². The van der Waals surface area contributed by atoms with E-state index in [1.165, 1.54) is 12.0 Å². The van der Waals surface area contributed by atoms with Crippen molar-refractivity contribution in [2.45, 2.75) is 39.0 Å². The molecule has 0 bridgehead atoms. The molecule has 0 radical (unpaired) electrons. The summed E-state index contributed by atoms with van der Waals surface area (Å²) in [4.78, 5) is 11.6. The molecule has 1 nitrogen and oxygen atoms in total. The number of ketones is 1. The van der Waals surface area contributed by atoms with Crippen molar-refractivity contribution in [3.63, 3.8) is 0 Å². The third-order valence-electron chi connectivity index (χ3n) is 2.88. The van der Waals surface area contributed by atoms with Crippen molar-refractivity contribution in [1.29, 1.82) is 0 Å². The lowest BCUT2D eigenvalue weighted by molar-refractivity contribution is -0.124. The van der Waals surface area contributed by atoms with E-state index in [9.17, 15) is 4.79 Å². The largest absolute Gasteiger partial charge is 0.299 e. The van der Waals surface area contributed by atoms with Gasteiger partial charge >= 0.3 is 0 Å². The Bertz CT molecular complexity index is 284. The SMILES string of the molecule is C=C/C=C\C=C(\C)C[C@@H]1CCCCC1=O. The Morgan fingerprint density at radius 3 is 2.93 bits per heavy atom.